The van der Waals surface area contributed by atoms with E-state index in [1.54, 1.807) is 60.3 Å². The number of anilines is 2. The molecule has 0 radical (unpaired) electrons. The zero-order valence-corrected chi connectivity index (χ0v) is 22.3. The summed E-state index contributed by atoms with van der Waals surface area (Å²) >= 11 is 7.57. The third-order valence-corrected chi connectivity index (χ3v) is 9.93. The number of fused-ring (bicyclic) bond motifs is 1. The number of aliphatic hydroxyl groups is 1. The molecule has 0 aromatic heterocycles. The summed E-state index contributed by atoms with van der Waals surface area (Å²) < 4.78 is 4.24. The predicted molar refractivity (Wildman–Crippen MR) is 144 cm³/mol. The number of amides is 3. The minimum absolute atomic E-state index is 0.0281. The number of likely N-dealkylation sites (tertiary alicyclic amines) is 1. The van der Waals surface area contributed by atoms with Gasteiger partial charge in [0.1, 0.15) is 11.8 Å². The SMILES string of the molecule is CCOc1ccc(NC(=O)[C@H]2[C@H]3C(=O)N(CCO)C(C(=O)Nc4ccc(Cl)cc4)C34CC[C@]2(C)S4)cc1. The second kappa shape index (κ2) is 9.85. The van der Waals surface area contributed by atoms with E-state index in [9.17, 15) is 19.5 Å². The predicted octanol–water partition coefficient (Wildman–Crippen LogP) is 3.79. The van der Waals surface area contributed by atoms with E-state index in [-0.39, 0.29) is 30.9 Å². The number of ether oxygens (including phenoxy) is 1. The zero-order valence-electron chi connectivity index (χ0n) is 20.7. The minimum Gasteiger partial charge on any atom is -0.494 e. The van der Waals surface area contributed by atoms with Crippen molar-refractivity contribution < 1.29 is 24.2 Å². The van der Waals surface area contributed by atoms with Crippen molar-refractivity contribution in [2.24, 2.45) is 11.8 Å². The van der Waals surface area contributed by atoms with E-state index in [4.69, 9.17) is 16.3 Å². The van der Waals surface area contributed by atoms with Crippen LogP contribution >= 0.6 is 23.4 Å². The lowest BCUT2D eigenvalue weighted by atomic mass is 9.66. The van der Waals surface area contributed by atoms with E-state index in [2.05, 4.69) is 10.6 Å². The molecule has 2 aromatic carbocycles. The third kappa shape index (κ3) is 4.36. The van der Waals surface area contributed by atoms with Gasteiger partial charge in [0.2, 0.25) is 17.7 Å². The monoisotopic (exact) mass is 543 g/mol. The van der Waals surface area contributed by atoms with Gasteiger partial charge in [-0.1, -0.05) is 11.6 Å². The summed E-state index contributed by atoms with van der Waals surface area (Å²) in [4.78, 5) is 42.6. The lowest BCUT2D eigenvalue weighted by molar-refractivity contribution is -0.139. The molecule has 5 rings (SSSR count). The van der Waals surface area contributed by atoms with E-state index in [0.29, 0.717) is 41.6 Å². The molecule has 3 heterocycles. The van der Waals surface area contributed by atoms with E-state index >= 15 is 0 Å². The quantitative estimate of drug-likeness (QED) is 0.467. The van der Waals surface area contributed by atoms with Crippen LogP contribution in [0.1, 0.15) is 26.7 Å². The van der Waals surface area contributed by atoms with E-state index in [1.807, 2.05) is 13.8 Å². The summed E-state index contributed by atoms with van der Waals surface area (Å²) in [6.45, 7) is 4.22. The summed E-state index contributed by atoms with van der Waals surface area (Å²) in [6.07, 6.45) is 1.35. The van der Waals surface area contributed by atoms with Gasteiger partial charge >= 0.3 is 0 Å². The average Bonchev–Trinajstić information content (AvgIpc) is 3.43. The molecule has 2 bridgehead atoms. The van der Waals surface area contributed by atoms with Crippen LogP contribution in [0, 0.1) is 11.8 Å². The number of hydrogen-bond donors (Lipinski definition) is 3. The van der Waals surface area contributed by atoms with Gasteiger partial charge in [0.25, 0.3) is 0 Å². The van der Waals surface area contributed by atoms with E-state index < -0.39 is 27.4 Å². The Bertz CT molecular complexity index is 1210. The Labute approximate surface area is 225 Å². The fraction of sp³-hybridized carbons (Fsp3) is 0.444. The molecule has 2 aromatic rings. The van der Waals surface area contributed by atoms with E-state index in [0.717, 1.165) is 0 Å². The molecule has 3 aliphatic heterocycles. The average molecular weight is 544 g/mol. The maximum absolute atomic E-state index is 13.8. The molecule has 3 N–H and O–H groups in total. The molecule has 37 heavy (non-hydrogen) atoms. The number of aliphatic hydroxyl groups excluding tert-OH is 1. The second-order valence-corrected chi connectivity index (χ2v) is 12.3. The number of carbonyl (C=O) groups is 3. The van der Waals surface area contributed by atoms with Crippen LogP contribution in [0.15, 0.2) is 48.5 Å². The molecule has 10 heteroatoms. The normalized spacial score (nSPS) is 29.8. The maximum atomic E-state index is 13.8. The molecule has 3 saturated heterocycles. The van der Waals surface area contributed by atoms with Gasteiger partial charge < -0.3 is 25.4 Å². The van der Waals surface area contributed by atoms with Crippen LogP contribution in [-0.4, -0.2) is 63.0 Å². The van der Waals surface area contributed by atoms with Crippen molar-refractivity contribution >= 4 is 52.5 Å². The number of nitrogens with one attached hydrogen (secondary N) is 2. The Balaban J connectivity index is 1.44. The molecule has 0 aliphatic carbocycles. The lowest BCUT2D eigenvalue weighted by Crippen LogP contribution is -2.52. The lowest BCUT2D eigenvalue weighted by Gasteiger charge is -2.34. The van der Waals surface area contributed by atoms with Crippen LogP contribution < -0.4 is 15.4 Å². The first-order chi connectivity index (χ1) is 17.7. The first-order valence-corrected chi connectivity index (χ1v) is 13.6. The van der Waals surface area contributed by atoms with Crippen molar-refractivity contribution in [3.8, 4) is 5.75 Å². The number of nitrogens with zero attached hydrogens (tertiary/aromatic N) is 1. The van der Waals surface area contributed by atoms with Gasteiger partial charge in [-0.25, -0.2) is 0 Å². The fourth-order valence-corrected chi connectivity index (χ4v) is 8.72. The Morgan fingerprint density at radius 1 is 1.08 bits per heavy atom. The third-order valence-electron chi connectivity index (χ3n) is 7.69. The summed E-state index contributed by atoms with van der Waals surface area (Å²) in [7, 11) is 0. The number of rotatable bonds is 8. The molecule has 3 amide bonds. The molecule has 8 nitrogen and oxygen atoms in total. The number of hydrogen-bond acceptors (Lipinski definition) is 6. The summed E-state index contributed by atoms with van der Waals surface area (Å²) in [5.41, 5.74) is 1.19. The first kappa shape index (κ1) is 25.9. The molecule has 3 aliphatic rings. The van der Waals surface area contributed by atoms with Crippen LogP contribution in [0.2, 0.25) is 5.02 Å². The fourth-order valence-electron chi connectivity index (χ4n) is 6.24. The van der Waals surface area contributed by atoms with Crippen molar-refractivity contribution in [3.63, 3.8) is 0 Å². The number of carbonyl (C=O) groups excluding carboxylic acids is 3. The first-order valence-electron chi connectivity index (χ1n) is 12.4. The highest BCUT2D eigenvalue weighted by Gasteiger charge is 2.77. The van der Waals surface area contributed by atoms with Crippen LogP contribution in [0.3, 0.4) is 0 Å². The van der Waals surface area contributed by atoms with Crippen molar-refractivity contribution in [1.82, 2.24) is 4.90 Å². The summed E-state index contributed by atoms with van der Waals surface area (Å²) in [5, 5.41) is 16.2. The van der Waals surface area contributed by atoms with Crippen LogP contribution in [-0.2, 0) is 14.4 Å². The largest absolute Gasteiger partial charge is 0.494 e. The minimum atomic E-state index is -0.803. The Morgan fingerprint density at radius 3 is 2.32 bits per heavy atom. The number of halogens is 1. The maximum Gasteiger partial charge on any atom is 0.248 e. The number of thioether (sulfide) groups is 1. The highest BCUT2D eigenvalue weighted by Crippen LogP contribution is 2.71. The molecular formula is C27H30ClN3O5S. The zero-order chi connectivity index (χ0) is 26.4. The van der Waals surface area contributed by atoms with Crippen molar-refractivity contribution in [2.75, 3.05) is 30.4 Å². The summed E-state index contributed by atoms with van der Waals surface area (Å²) in [6, 6.07) is 13.1. The van der Waals surface area contributed by atoms with Crippen LogP contribution in [0.5, 0.6) is 5.75 Å². The molecule has 2 unspecified atom stereocenters. The van der Waals surface area contributed by atoms with Crippen molar-refractivity contribution in [2.45, 2.75) is 42.2 Å². The molecular weight excluding hydrogens is 514 g/mol. The standard InChI is InChI=1S/C27H30ClN3O5S/c1-3-36-19-10-8-18(9-11-19)29-23(33)20-21-25(35)31(14-15-32)22(27(21)13-12-26(20,2)37-27)24(34)30-17-6-4-16(28)5-7-17/h4-11,20-22,32H,3,12-15H2,1-2H3,(H,29,33)(H,30,34)/t20-,21+,22?,26+,27?/m1/s1. The van der Waals surface area contributed by atoms with Gasteiger partial charge in [-0.05, 0) is 75.2 Å². The van der Waals surface area contributed by atoms with Gasteiger partial charge in [-0.15, -0.1) is 11.8 Å². The summed E-state index contributed by atoms with van der Waals surface area (Å²) in [5.74, 6) is -1.38. The van der Waals surface area contributed by atoms with Gasteiger partial charge in [-0.2, -0.15) is 0 Å². The molecule has 196 valence electrons. The van der Waals surface area contributed by atoms with E-state index in [1.165, 1.54) is 4.90 Å². The molecule has 5 atom stereocenters. The number of benzene rings is 2. The van der Waals surface area contributed by atoms with Crippen molar-refractivity contribution in [1.29, 1.82) is 0 Å². The molecule has 0 saturated carbocycles. The smallest absolute Gasteiger partial charge is 0.248 e. The highest BCUT2D eigenvalue weighted by atomic mass is 35.5. The van der Waals surface area contributed by atoms with Crippen LogP contribution in [0.4, 0.5) is 11.4 Å². The van der Waals surface area contributed by atoms with Crippen molar-refractivity contribution in [3.05, 3.63) is 53.6 Å². The molecule has 3 fully saturated rings. The topological polar surface area (TPSA) is 108 Å². The Kier molecular flexibility index (Phi) is 6.89. The Morgan fingerprint density at radius 2 is 1.70 bits per heavy atom. The highest BCUT2D eigenvalue weighted by molar-refractivity contribution is 8.02. The van der Waals surface area contributed by atoms with Gasteiger partial charge in [0.15, 0.2) is 0 Å². The van der Waals surface area contributed by atoms with Gasteiger partial charge in [0, 0.05) is 27.7 Å². The van der Waals surface area contributed by atoms with Gasteiger partial charge in [-0.3, -0.25) is 14.4 Å². The number of β-amino-alcohol motifs (C(OH)–C–C–N with tert-alkyl or cyclic N) is 1. The Hall–Kier alpha value is -2.75. The van der Waals surface area contributed by atoms with Gasteiger partial charge in [0.05, 0.1) is 29.8 Å². The molecule has 1 spiro atoms. The van der Waals surface area contributed by atoms with Crippen LogP contribution in [0.25, 0.3) is 0 Å². The second-order valence-electron chi connectivity index (χ2n) is 9.93.